The number of sulfonamides is 1. The van der Waals surface area contributed by atoms with Gasteiger partial charge in [0.05, 0.1) is 24.5 Å². The largest absolute Gasteiger partial charge is 0.347 e. The van der Waals surface area contributed by atoms with E-state index < -0.39 is 15.8 Å². The summed E-state index contributed by atoms with van der Waals surface area (Å²) in [4.78, 5) is 13.6. The number of rotatable bonds is 2. The number of hydrogen-bond acceptors (Lipinski definition) is 5. The van der Waals surface area contributed by atoms with Gasteiger partial charge in [0.1, 0.15) is 0 Å². The molecule has 24 heavy (non-hydrogen) atoms. The molecule has 0 aromatic heterocycles. The lowest BCUT2D eigenvalue weighted by Gasteiger charge is -2.36. The predicted octanol–water partition coefficient (Wildman–Crippen LogP) is 0.733. The summed E-state index contributed by atoms with van der Waals surface area (Å²) < 4.78 is 38.6. The summed E-state index contributed by atoms with van der Waals surface area (Å²) in [5, 5.41) is 0. The Labute approximate surface area is 141 Å². The monoisotopic (exact) mass is 352 g/mol. The van der Waals surface area contributed by atoms with Crippen molar-refractivity contribution in [2.75, 3.05) is 38.3 Å². The lowest BCUT2D eigenvalue weighted by Crippen LogP contribution is -2.47. The van der Waals surface area contributed by atoms with E-state index >= 15 is 0 Å². The fraction of sp³-hybridized carbons (Fsp3) is 0.562. The number of carbonyl (C=O) groups excluding carboxylic acids is 1. The molecule has 0 N–H and O–H groups in total. The molecule has 3 aliphatic heterocycles. The normalized spacial score (nSPS) is 23.9. The Morgan fingerprint density at radius 2 is 1.79 bits per heavy atom. The number of ether oxygens (including phenoxy) is 2. The van der Waals surface area contributed by atoms with Crippen molar-refractivity contribution in [2.24, 2.45) is 0 Å². The standard InChI is InChI=1S/C16H20N2O5S/c1-17-14-3-2-13(10-12(14)11-15(17)19)24(20,21)18-6-4-16(5-7-18)22-8-9-23-16/h2-3,10H,4-9,11H2,1H3. The number of piperidine rings is 1. The molecule has 1 spiro atoms. The SMILES string of the molecule is CN1C(=O)Cc2cc(S(=O)(=O)N3CCC4(CC3)OCCO4)ccc21. The Balaban J connectivity index is 1.56. The first-order valence-corrected chi connectivity index (χ1v) is 9.53. The zero-order valence-electron chi connectivity index (χ0n) is 13.5. The number of carbonyl (C=O) groups is 1. The average molecular weight is 352 g/mol. The molecule has 3 heterocycles. The molecule has 1 aromatic carbocycles. The summed E-state index contributed by atoms with van der Waals surface area (Å²) >= 11 is 0. The number of amides is 1. The van der Waals surface area contributed by atoms with E-state index in [0.29, 0.717) is 39.1 Å². The van der Waals surface area contributed by atoms with Crippen LogP contribution in [-0.4, -0.2) is 57.8 Å². The zero-order valence-corrected chi connectivity index (χ0v) is 14.3. The van der Waals surface area contributed by atoms with E-state index in [0.717, 1.165) is 11.3 Å². The van der Waals surface area contributed by atoms with Crippen LogP contribution in [0.3, 0.4) is 0 Å². The fourth-order valence-electron chi connectivity index (χ4n) is 3.61. The van der Waals surface area contributed by atoms with Gasteiger partial charge in [0.25, 0.3) is 0 Å². The van der Waals surface area contributed by atoms with Gasteiger partial charge < -0.3 is 14.4 Å². The first-order chi connectivity index (χ1) is 11.4. The van der Waals surface area contributed by atoms with Gasteiger partial charge in [-0.3, -0.25) is 4.79 Å². The summed E-state index contributed by atoms with van der Waals surface area (Å²) in [5.41, 5.74) is 1.55. The van der Waals surface area contributed by atoms with E-state index in [4.69, 9.17) is 9.47 Å². The Morgan fingerprint density at radius 1 is 1.12 bits per heavy atom. The number of anilines is 1. The fourth-order valence-corrected chi connectivity index (χ4v) is 5.10. The van der Waals surface area contributed by atoms with E-state index in [1.54, 1.807) is 30.1 Å². The van der Waals surface area contributed by atoms with E-state index in [1.807, 2.05) is 0 Å². The van der Waals surface area contributed by atoms with Crippen molar-refractivity contribution in [1.29, 1.82) is 0 Å². The lowest BCUT2D eigenvalue weighted by atomic mass is 10.1. The topological polar surface area (TPSA) is 76.2 Å². The van der Waals surface area contributed by atoms with Crippen LogP contribution in [0.15, 0.2) is 23.1 Å². The van der Waals surface area contributed by atoms with Crippen LogP contribution in [0.25, 0.3) is 0 Å². The highest BCUT2D eigenvalue weighted by Gasteiger charge is 2.42. The third-order valence-corrected chi connectivity index (χ3v) is 6.96. The molecule has 4 rings (SSSR count). The summed E-state index contributed by atoms with van der Waals surface area (Å²) in [6, 6.07) is 4.91. The van der Waals surface area contributed by atoms with Gasteiger partial charge in [-0.15, -0.1) is 0 Å². The number of benzene rings is 1. The van der Waals surface area contributed by atoms with Gasteiger partial charge in [0.15, 0.2) is 5.79 Å². The van der Waals surface area contributed by atoms with Crippen molar-refractivity contribution in [3.8, 4) is 0 Å². The molecule has 0 aliphatic carbocycles. The van der Waals surface area contributed by atoms with Gasteiger partial charge in [-0.1, -0.05) is 0 Å². The number of hydrogen-bond donors (Lipinski definition) is 0. The summed E-state index contributed by atoms with van der Waals surface area (Å²) in [6.45, 7) is 1.88. The highest BCUT2D eigenvalue weighted by Crippen LogP contribution is 2.35. The number of nitrogens with zero attached hydrogens (tertiary/aromatic N) is 2. The molecule has 0 radical (unpaired) electrons. The molecule has 2 fully saturated rings. The van der Waals surface area contributed by atoms with Gasteiger partial charge in [0.2, 0.25) is 15.9 Å². The van der Waals surface area contributed by atoms with Crippen molar-refractivity contribution in [3.05, 3.63) is 23.8 Å². The summed E-state index contributed by atoms with van der Waals surface area (Å²) in [7, 11) is -1.87. The van der Waals surface area contributed by atoms with Gasteiger partial charge in [-0.25, -0.2) is 8.42 Å². The molecule has 1 amide bonds. The third-order valence-electron chi connectivity index (χ3n) is 5.06. The highest BCUT2D eigenvalue weighted by atomic mass is 32.2. The van der Waals surface area contributed by atoms with Crippen LogP contribution in [0.4, 0.5) is 5.69 Å². The van der Waals surface area contributed by atoms with Crippen molar-refractivity contribution in [3.63, 3.8) is 0 Å². The Morgan fingerprint density at radius 3 is 2.46 bits per heavy atom. The van der Waals surface area contributed by atoms with Crippen molar-refractivity contribution in [2.45, 2.75) is 29.9 Å². The molecule has 0 unspecified atom stereocenters. The van der Waals surface area contributed by atoms with Crippen molar-refractivity contribution < 1.29 is 22.7 Å². The maximum atomic E-state index is 12.9. The molecule has 7 nitrogen and oxygen atoms in total. The third kappa shape index (κ3) is 2.45. The minimum absolute atomic E-state index is 0.0185. The molecule has 0 saturated carbocycles. The predicted molar refractivity (Wildman–Crippen MR) is 86.2 cm³/mol. The number of fused-ring (bicyclic) bond motifs is 1. The van der Waals surface area contributed by atoms with Crippen molar-refractivity contribution >= 4 is 21.6 Å². The summed E-state index contributed by atoms with van der Waals surface area (Å²) in [5.74, 6) is -0.617. The lowest BCUT2D eigenvalue weighted by molar-refractivity contribution is -0.179. The van der Waals surface area contributed by atoms with Crippen LogP contribution in [0.5, 0.6) is 0 Å². The summed E-state index contributed by atoms with van der Waals surface area (Å²) in [6.07, 6.45) is 1.33. The van der Waals surface area contributed by atoms with Crippen LogP contribution in [0.2, 0.25) is 0 Å². The molecule has 0 bridgehead atoms. The molecule has 2 saturated heterocycles. The van der Waals surface area contributed by atoms with Gasteiger partial charge in [0, 0.05) is 38.7 Å². The van der Waals surface area contributed by atoms with Crippen molar-refractivity contribution in [1.82, 2.24) is 4.31 Å². The van der Waals surface area contributed by atoms with E-state index in [9.17, 15) is 13.2 Å². The van der Waals surface area contributed by atoms with Crippen LogP contribution >= 0.6 is 0 Å². The second-order valence-electron chi connectivity index (χ2n) is 6.43. The second-order valence-corrected chi connectivity index (χ2v) is 8.37. The van der Waals surface area contributed by atoms with Crippen LogP contribution in [0, 0.1) is 0 Å². The van der Waals surface area contributed by atoms with E-state index in [2.05, 4.69) is 0 Å². The molecule has 0 atom stereocenters. The van der Waals surface area contributed by atoms with Gasteiger partial charge >= 0.3 is 0 Å². The first kappa shape index (κ1) is 16.0. The van der Waals surface area contributed by atoms with E-state index in [-0.39, 0.29) is 17.2 Å². The minimum Gasteiger partial charge on any atom is -0.347 e. The molecule has 3 aliphatic rings. The Bertz CT molecular complexity index is 776. The first-order valence-electron chi connectivity index (χ1n) is 8.09. The molecular formula is C16H20N2O5S. The number of likely N-dealkylation sites (N-methyl/N-ethyl adjacent to an activating group) is 1. The zero-order chi connectivity index (χ0) is 16.9. The Kier molecular flexibility index (Phi) is 3.68. The molecule has 130 valence electrons. The van der Waals surface area contributed by atoms with Crippen LogP contribution < -0.4 is 4.90 Å². The molecule has 8 heteroatoms. The van der Waals surface area contributed by atoms with Crippen LogP contribution in [-0.2, 0) is 30.7 Å². The average Bonchev–Trinajstić information content (AvgIpc) is 3.13. The quantitative estimate of drug-likeness (QED) is 0.784. The van der Waals surface area contributed by atoms with Gasteiger partial charge in [-0.2, -0.15) is 4.31 Å². The minimum atomic E-state index is -3.57. The van der Waals surface area contributed by atoms with E-state index in [1.165, 1.54) is 4.31 Å². The van der Waals surface area contributed by atoms with Gasteiger partial charge in [-0.05, 0) is 23.8 Å². The second kappa shape index (κ2) is 5.52. The smallest absolute Gasteiger partial charge is 0.243 e. The Hall–Kier alpha value is -1.48. The maximum Gasteiger partial charge on any atom is 0.243 e. The highest BCUT2D eigenvalue weighted by molar-refractivity contribution is 7.89. The van der Waals surface area contributed by atoms with Crippen LogP contribution in [0.1, 0.15) is 18.4 Å². The maximum absolute atomic E-state index is 12.9. The molecular weight excluding hydrogens is 332 g/mol. The molecule has 1 aromatic rings.